The van der Waals surface area contributed by atoms with Crippen LogP contribution in [0.3, 0.4) is 0 Å². The largest absolute Gasteiger partial charge is 0.324 e. The molecule has 0 heterocycles. The molecule has 2 atom stereocenters. The highest BCUT2D eigenvalue weighted by Gasteiger charge is 2.29. The summed E-state index contributed by atoms with van der Waals surface area (Å²) in [6, 6.07) is 13.4. The van der Waals surface area contributed by atoms with Crippen LogP contribution in [0.1, 0.15) is 22.7 Å². The SMILES string of the molecule is NC1c2ccccc2CC1Cc1cc(F)cc(Br)c1. The number of halogens is 2. The van der Waals surface area contributed by atoms with Gasteiger partial charge >= 0.3 is 0 Å². The first-order valence-electron chi connectivity index (χ1n) is 6.42. The molecule has 0 radical (unpaired) electrons. The molecule has 3 rings (SSSR count). The Morgan fingerprint density at radius 2 is 2.00 bits per heavy atom. The van der Waals surface area contributed by atoms with Crippen LogP contribution in [0.2, 0.25) is 0 Å². The van der Waals surface area contributed by atoms with E-state index in [9.17, 15) is 4.39 Å². The number of hydrogen-bond acceptors (Lipinski definition) is 1. The molecule has 0 aliphatic heterocycles. The summed E-state index contributed by atoms with van der Waals surface area (Å²) in [5.74, 6) is 0.152. The smallest absolute Gasteiger partial charge is 0.124 e. The maximum atomic E-state index is 13.4. The first kappa shape index (κ1) is 12.8. The van der Waals surface area contributed by atoms with Crippen molar-refractivity contribution in [3.8, 4) is 0 Å². The Bertz CT molecular complexity index is 591. The molecular formula is C16H15BrFN. The average Bonchev–Trinajstić information content (AvgIpc) is 2.66. The van der Waals surface area contributed by atoms with Crippen molar-refractivity contribution in [3.05, 3.63) is 69.4 Å². The minimum Gasteiger partial charge on any atom is -0.324 e. The van der Waals surface area contributed by atoms with Crippen LogP contribution in [0, 0.1) is 11.7 Å². The van der Waals surface area contributed by atoms with Crippen LogP contribution < -0.4 is 5.73 Å². The fourth-order valence-electron chi connectivity index (χ4n) is 2.94. The van der Waals surface area contributed by atoms with Gasteiger partial charge < -0.3 is 5.73 Å². The Kier molecular flexibility index (Phi) is 3.42. The second kappa shape index (κ2) is 5.06. The van der Waals surface area contributed by atoms with Crippen LogP contribution in [-0.2, 0) is 12.8 Å². The van der Waals surface area contributed by atoms with Gasteiger partial charge in [-0.1, -0.05) is 40.2 Å². The monoisotopic (exact) mass is 319 g/mol. The zero-order valence-corrected chi connectivity index (χ0v) is 12.0. The van der Waals surface area contributed by atoms with Crippen molar-refractivity contribution < 1.29 is 4.39 Å². The molecule has 0 spiro atoms. The van der Waals surface area contributed by atoms with E-state index in [2.05, 4.69) is 28.1 Å². The topological polar surface area (TPSA) is 26.0 Å². The van der Waals surface area contributed by atoms with Gasteiger partial charge in [0.2, 0.25) is 0 Å². The van der Waals surface area contributed by atoms with Crippen LogP contribution in [-0.4, -0.2) is 0 Å². The van der Waals surface area contributed by atoms with E-state index < -0.39 is 0 Å². The number of hydrogen-bond donors (Lipinski definition) is 1. The molecule has 0 amide bonds. The van der Waals surface area contributed by atoms with E-state index in [0.29, 0.717) is 5.92 Å². The summed E-state index contributed by atoms with van der Waals surface area (Å²) in [5.41, 5.74) is 9.88. The van der Waals surface area contributed by atoms with E-state index in [-0.39, 0.29) is 11.9 Å². The Balaban J connectivity index is 1.82. The Morgan fingerprint density at radius 3 is 2.74 bits per heavy atom. The molecule has 0 saturated carbocycles. The molecular weight excluding hydrogens is 305 g/mol. The summed E-state index contributed by atoms with van der Waals surface area (Å²) < 4.78 is 14.2. The normalized spacial score (nSPS) is 21.4. The van der Waals surface area contributed by atoms with Crippen LogP contribution in [0.25, 0.3) is 0 Å². The first-order chi connectivity index (χ1) is 9.13. The van der Waals surface area contributed by atoms with Crippen LogP contribution >= 0.6 is 15.9 Å². The van der Waals surface area contributed by atoms with Crippen LogP contribution in [0.15, 0.2) is 46.9 Å². The third-order valence-corrected chi connectivity index (χ3v) is 4.28. The highest BCUT2D eigenvalue weighted by molar-refractivity contribution is 9.10. The molecule has 0 bridgehead atoms. The van der Waals surface area contributed by atoms with Gasteiger partial charge in [0.15, 0.2) is 0 Å². The number of rotatable bonds is 2. The zero-order chi connectivity index (χ0) is 13.4. The van der Waals surface area contributed by atoms with Crippen molar-refractivity contribution in [2.45, 2.75) is 18.9 Å². The van der Waals surface area contributed by atoms with E-state index in [1.165, 1.54) is 17.2 Å². The second-order valence-electron chi connectivity index (χ2n) is 5.17. The minimum absolute atomic E-state index is 0.0539. The molecule has 1 aliphatic rings. The lowest BCUT2D eigenvalue weighted by Crippen LogP contribution is -2.19. The molecule has 2 N–H and O–H groups in total. The number of benzene rings is 2. The minimum atomic E-state index is -0.201. The van der Waals surface area contributed by atoms with E-state index in [1.54, 1.807) is 6.07 Å². The van der Waals surface area contributed by atoms with Crippen molar-refractivity contribution >= 4 is 15.9 Å². The second-order valence-corrected chi connectivity index (χ2v) is 6.09. The third kappa shape index (κ3) is 2.58. The number of fused-ring (bicyclic) bond motifs is 1. The molecule has 1 aliphatic carbocycles. The van der Waals surface area contributed by atoms with Crippen LogP contribution in [0.5, 0.6) is 0 Å². The molecule has 0 saturated heterocycles. The van der Waals surface area contributed by atoms with Gasteiger partial charge in [0.25, 0.3) is 0 Å². The van der Waals surface area contributed by atoms with Gasteiger partial charge in [-0.05, 0) is 53.6 Å². The maximum absolute atomic E-state index is 13.4. The quantitative estimate of drug-likeness (QED) is 0.889. The molecule has 2 unspecified atom stereocenters. The number of nitrogens with two attached hydrogens (primary N) is 1. The molecule has 0 aromatic heterocycles. The van der Waals surface area contributed by atoms with Gasteiger partial charge in [0.1, 0.15) is 5.82 Å². The Labute approximate surface area is 120 Å². The van der Waals surface area contributed by atoms with Gasteiger partial charge in [0, 0.05) is 10.5 Å². The van der Waals surface area contributed by atoms with Crippen molar-refractivity contribution in [1.82, 2.24) is 0 Å². The van der Waals surface area contributed by atoms with Crippen molar-refractivity contribution in [3.63, 3.8) is 0 Å². The van der Waals surface area contributed by atoms with E-state index in [4.69, 9.17) is 5.73 Å². The molecule has 19 heavy (non-hydrogen) atoms. The lowest BCUT2D eigenvalue weighted by Gasteiger charge is -2.16. The lowest BCUT2D eigenvalue weighted by molar-refractivity contribution is 0.463. The highest BCUT2D eigenvalue weighted by atomic mass is 79.9. The van der Waals surface area contributed by atoms with Crippen molar-refractivity contribution in [1.29, 1.82) is 0 Å². The van der Waals surface area contributed by atoms with Gasteiger partial charge in [-0.2, -0.15) is 0 Å². The van der Waals surface area contributed by atoms with Gasteiger partial charge in [0.05, 0.1) is 0 Å². The maximum Gasteiger partial charge on any atom is 0.124 e. The standard InChI is InChI=1S/C16H15BrFN/c17-13-6-10(7-14(18)9-13)5-12-8-11-3-1-2-4-15(11)16(12)19/h1-4,6-7,9,12,16H,5,8,19H2. The molecule has 0 fully saturated rings. The molecule has 1 nitrogen and oxygen atoms in total. The van der Waals surface area contributed by atoms with Gasteiger partial charge in [-0.3, -0.25) is 0 Å². The van der Waals surface area contributed by atoms with E-state index in [0.717, 1.165) is 22.9 Å². The average molecular weight is 320 g/mol. The summed E-state index contributed by atoms with van der Waals surface area (Å²) in [6.07, 6.45) is 1.79. The van der Waals surface area contributed by atoms with Crippen molar-refractivity contribution in [2.24, 2.45) is 11.7 Å². The highest BCUT2D eigenvalue weighted by Crippen LogP contribution is 2.36. The predicted molar refractivity (Wildman–Crippen MR) is 78.4 cm³/mol. The Hall–Kier alpha value is -1.19. The Morgan fingerprint density at radius 1 is 1.21 bits per heavy atom. The first-order valence-corrected chi connectivity index (χ1v) is 7.21. The summed E-state index contributed by atoms with van der Waals surface area (Å²) >= 11 is 3.33. The van der Waals surface area contributed by atoms with Crippen molar-refractivity contribution in [2.75, 3.05) is 0 Å². The third-order valence-electron chi connectivity index (χ3n) is 3.82. The zero-order valence-electron chi connectivity index (χ0n) is 10.4. The molecule has 98 valence electrons. The summed E-state index contributed by atoms with van der Waals surface area (Å²) in [4.78, 5) is 0. The lowest BCUT2D eigenvalue weighted by atomic mass is 9.93. The molecule has 2 aromatic rings. The molecule has 3 heteroatoms. The summed E-state index contributed by atoms with van der Waals surface area (Å²) in [7, 11) is 0. The summed E-state index contributed by atoms with van der Waals surface area (Å²) in [5, 5.41) is 0. The fourth-order valence-corrected chi connectivity index (χ4v) is 3.45. The van der Waals surface area contributed by atoms with Gasteiger partial charge in [-0.15, -0.1) is 0 Å². The molecule has 2 aromatic carbocycles. The van der Waals surface area contributed by atoms with Crippen LogP contribution in [0.4, 0.5) is 4.39 Å². The predicted octanol–water partition coefficient (Wildman–Crippen LogP) is 4.00. The van der Waals surface area contributed by atoms with E-state index in [1.807, 2.05) is 18.2 Å². The summed E-state index contributed by atoms with van der Waals surface area (Å²) in [6.45, 7) is 0. The fraction of sp³-hybridized carbons (Fsp3) is 0.250. The van der Waals surface area contributed by atoms with Gasteiger partial charge in [-0.25, -0.2) is 4.39 Å². The van der Waals surface area contributed by atoms with E-state index >= 15 is 0 Å².